The third kappa shape index (κ3) is 4.32. The lowest BCUT2D eigenvalue weighted by Gasteiger charge is -2.21. The van der Waals surface area contributed by atoms with Crippen molar-refractivity contribution in [2.24, 2.45) is 5.92 Å². The van der Waals surface area contributed by atoms with Crippen LogP contribution in [0.25, 0.3) is 0 Å². The van der Waals surface area contributed by atoms with Crippen LogP contribution in [0.5, 0.6) is 5.88 Å². The Balaban J connectivity index is 1.63. The Hall–Kier alpha value is -1.32. The minimum absolute atomic E-state index is 0.561. The number of nitrogens with one attached hydrogen (secondary N) is 1. The SMILES string of the molecule is CCCNc1cc(OCC2CCCCC2)nc(C2CC2)n1. The van der Waals surface area contributed by atoms with E-state index in [2.05, 4.69) is 22.2 Å². The molecule has 1 N–H and O–H groups in total. The Morgan fingerprint density at radius 3 is 2.67 bits per heavy atom. The summed E-state index contributed by atoms with van der Waals surface area (Å²) in [7, 11) is 0. The van der Waals surface area contributed by atoms with Gasteiger partial charge in [-0.15, -0.1) is 0 Å². The zero-order valence-corrected chi connectivity index (χ0v) is 13.1. The van der Waals surface area contributed by atoms with Crippen molar-refractivity contribution in [3.63, 3.8) is 0 Å². The molecule has 2 aliphatic rings. The van der Waals surface area contributed by atoms with E-state index in [-0.39, 0.29) is 0 Å². The number of ether oxygens (including phenoxy) is 1. The van der Waals surface area contributed by atoms with Crippen molar-refractivity contribution in [2.75, 3.05) is 18.5 Å². The molecule has 0 atom stereocenters. The van der Waals surface area contributed by atoms with Gasteiger partial charge >= 0.3 is 0 Å². The second-order valence-corrected chi connectivity index (χ2v) is 6.47. The summed E-state index contributed by atoms with van der Waals surface area (Å²) in [4.78, 5) is 9.24. The van der Waals surface area contributed by atoms with Crippen molar-refractivity contribution in [1.29, 1.82) is 0 Å². The van der Waals surface area contributed by atoms with Crippen molar-refractivity contribution < 1.29 is 4.74 Å². The summed E-state index contributed by atoms with van der Waals surface area (Å²) >= 11 is 0. The third-order valence-corrected chi connectivity index (χ3v) is 4.41. The highest BCUT2D eigenvalue weighted by molar-refractivity contribution is 5.39. The standard InChI is InChI=1S/C17H27N3O/c1-2-10-18-15-11-16(20-17(19-15)14-8-9-14)21-12-13-6-4-3-5-7-13/h11,13-14H,2-10,12H2,1H3,(H,18,19,20). The van der Waals surface area contributed by atoms with Crippen LogP contribution >= 0.6 is 0 Å². The first-order valence-corrected chi connectivity index (χ1v) is 8.61. The third-order valence-electron chi connectivity index (χ3n) is 4.41. The van der Waals surface area contributed by atoms with E-state index in [4.69, 9.17) is 4.74 Å². The summed E-state index contributed by atoms with van der Waals surface area (Å²) in [5.74, 6) is 3.92. The molecule has 116 valence electrons. The molecule has 2 fully saturated rings. The Labute approximate surface area is 127 Å². The number of anilines is 1. The summed E-state index contributed by atoms with van der Waals surface area (Å²) in [5.41, 5.74) is 0. The molecule has 1 aromatic heterocycles. The Morgan fingerprint density at radius 2 is 1.95 bits per heavy atom. The fraction of sp³-hybridized carbons (Fsp3) is 0.765. The maximum Gasteiger partial charge on any atom is 0.218 e. The molecule has 0 bridgehead atoms. The molecule has 0 spiro atoms. The Kier molecular flexibility index (Phi) is 4.94. The molecule has 1 aromatic rings. The molecule has 0 unspecified atom stereocenters. The maximum atomic E-state index is 5.99. The van der Waals surface area contributed by atoms with Crippen LogP contribution in [-0.4, -0.2) is 23.1 Å². The van der Waals surface area contributed by atoms with Gasteiger partial charge in [0.1, 0.15) is 11.6 Å². The summed E-state index contributed by atoms with van der Waals surface area (Å²) in [6.07, 6.45) is 10.3. The van der Waals surface area contributed by atoms with Crippen molar-refractivity contribution in [3.8, 4) is 5.88 Å². The van der Waals surface area contributed by atoms with Gasteiger partial charge in [0, 0.05) is 18.5 Å². The highest BCUT2D eigenvalue weighted by Gasteiger charge is 2.27. The summed E-state index contributed by atoms with van der Waals surface area (Å²) in [6.45, 7) is 3.92. The fourth-order valence-corrected chi connectivity index (χ4v) is 2.94. The smallest absolute Gasteiger partial charge is 0.218 e. The summed E-state index contributed by atoms with van der Waals surface area (Å²) < 4.78 is 5.99. The van der Waals surface area contributed by atoms with Gasteiger partial charge in [-0.3, -0.25) is 0 Å². The van der Waals surface area contributed by atoms with Crippen LogP contribution in [0.15, 0.2) is 6.07 Å². The van der Waals surface area contributed by atoms with E-state index in [9.17, 15) is 0 Å². The van der Waals surface area contributed by atoms with Gasteiger partial charge in [0.25, 0.3) is 0 Å². The zero-order chi connectivity index (χ0) is 14.5. The van der Waals surface area contributed by atoms with Gasteiger partial charge in [-0.1, -0.05) is 26.2 Å². The first-order chi connectivity index (χ1) is 10.3. The van der Waals surface area contributed by atoms with Crippen LogP contribution in [0, 0.1) is 5.92 Å². The topological polar surface area (TPSA) is 47.0 Å². The van der Waals surface area contributed by atoms with E-state index in [0.29, 0.717) is 11.8 Å². The second-order valence-electron chi connectivity index (χ2n) is 6.47. The lowest BCUT2D eigenvalue weighted by molar-refractivity contribution is 0.202. The van der Waals surface area contributed by atoms with Gasteiger partial charge in [0.2, 0.25) is 5.88 Å². The summed E-state index contributed by atoms with van der Waals surface area (Å²) in [5, 5.41) is 3.36. The molecule has 4 heteroatoms. The van der Waals surface area contributed by atoms with E-state index in [1.54, 1.807) is 0 Å². The van der Waals surface area contributed by atoms with E-state index in [1.165, 1.54) is 44.9 Å². The van der Waals surface area contributed by atoms with Gasteiger partial charge in [-0.2, -0.15) is 4.98 Å². The van der Waals surface area contributed by atoms with Gasteiger partial charge < -0.3 is 10.1 Å². The largest absolute Gasteiger partial charge is 0.477 e. The number of hydrogen-bond donors (Lipinski definition) is 1. The molecule has 3 rings (SSSR count). The van der Waals surface area contributed by atoms with E-state index in [1.807, 2.05) is 6.07 Å². The predicted octanol–water partition coefficient (Wildman–Crippen LogP) is 4.14. The average Bonchev–Trinajstić information content (AvgIpc) is 3.37. The molecule has 0 aliphatic heterocycles. The molecule has 0 radical (unpaired) electrons. The number of aromatic nitrogens is 2. The first kappa shape index (κ1) is 14.6. The van der Waals surface area contributed by atoms with E-state index >= 15 is 0 Å². The first-order valence-electron chi connectivity index (χ1n) is 8.61. The second kappa shape index (κ2) is 7.10. The highest BCUT2D eigenvalue weighted by atomic mass is 16.5. The molecule has 2 saturated carbocycles. The van der Waals surface area contributed by atoms with Crippen LogP contribution in [0.2, 0.25) is 0 Å². The lowest BCUT2D eigenvalue weighted by atomic mass is 9.90. The molecule has 1 heterocycles. The van der Waals surface area contributed by atoms with Crippen LogP contribution < -0.4 is 10.1 Å². The maximum absolute atomic E-state index is 5.99. The van der Waals surface area contributed by atoms with Crippen molar-refractivity contribution in [1.82, 2.24) is 9.97 Å². The molecule has 21 heavy (non-hydrogen) atoms. The molecule has 4 nitrogen and oxygen atoms in total. The van der Waals surface area contributed by atoms with Crippen molar-refractivity contribution >= 4 is 5.82 Å². The number of rotatable bonds is 7. The monoisotopic (exact) mass is 289 g/mol. The predicted molar refractivity (Wildman–Crippen MR) is 84.9 cm³/mol. The number of hydrogen-bond acceptors (Lipinski definition) is 4. The minimum Gasteiger partial charge on any atom is -0.477 e. The minimum atomic E-state index is 0.561. The molecular weight excluding hydrogens is 262 g/mol. The van der Waals surface area contributed by atoms with E-state index in [0.717, 1.165) is 37.1 Å². The van der Waals surface area contributed by atoms with Crippen LogP contribution in [0.4, 0.5) is 5.82 Å². The van der Waals surface area contributed by atoms with E-state index < -0.39 is 0 Å². The van der Waals surface area contributed by atoms with Gasteiger partial charge in [0.05, 0.1) is 6.61 Å². The highest BCUT2D eigenvalue weighted by Crippen LogP contribution is 2.39. The van der Waals surface area contributed by atoms with Gasteiger partial charge in [-0.05, 0) is 38.0 Å². The van der Waals surface area contributed by atoms with Crippen LogP contribution in [0.1, 0.15) is 70.0 Å². The van der Waals surface area contributed by atoms with Crippen LogP contribution in [-0.2, 0) is 0 Å². The number of nitrogens with zero attached hydrogens (tertiary/aromatic N) is 2. The fourth-order valence-electron chi connectivity index (χ4n) is 2.94. The average molecular weight is 289 g/mol. The Morgan fingerprint density at radius 1 is 1.14 bits per heavy atom. The molecule has 0 amide bonds. The molecule has 2 aliphatic carbocycles. The van der Waals surface area contributed by atoms with Gasteiger partial charge in [0.15, 0.2) is 0 Å². The molecule has 0 aromatic carbocycles. The van der Waals surface area contributed by atoms with Crippen molar-refractivity contribution in [3.05, 3.63) is 11.9 Å². The quantitative estimate of drug-likeness (QED) is 0.819. The van der Waals surface area contributed by atoms with Crippen molar-refractivity contribution in [2.45, 2.75) is 64.2 Å². The zero-order valence-electron chi connectivity index (χ0n) is 13.1. The lowest BCUT2D eigenvalue weighted by Crippen LogP contribution is -2.16. The normalized spacial score (nSPS) is 19.5. The molecular formula is C17H27N3O. The summed E-state index contributed by atoms with van der Waals surface area (Å²) in [6, 6.07) is 1.96. The molecule has 0 saturated heterocycles. The van der Waals surface area contributed by atoms with Crippen LogP contribution in [0.3, 0.4) is 0 Å². The van der Waals surface area contributed by atoms with Gasteiger partial charge in [-0.25, -0.2) is 4.98 Å². The Bertz CT molecular complexity index is 453.